The minimum atomic E-state index is -0.438. The average molecular weight is 475 g/mol. The van der Waals surface area contributed by atoms with Gasteiger partial charge >= 0.3 is 11.9 Å². The van der Waals surface area contributed by atoms with Gasteiger partial charge < -0.3 is 9.47 Å². The Hall–Kier alpha value is -1.84. The Kier molecular flexibility index (Phi) is 18.2. The van der Waals surface area contributed by atoms with Crippen LogP contribution >= 0.6 is 0 Å². The van der Waals surface area contributed by atoms with Gasteiger partial charge in [-0.05, 0) is 30.9 Å². The zero-order valence-electron chi connectivity index (χ0n) is 22.2. The standard InChI is InChI=1S/C30H50O4/c1-4-5-6-7-11-14-19-24-33-29(31)27-22-17-18-23-28(27)30(32)34-25-20-15-12-9-8-10-13-16-21-26(2)3/h17-18,22-23,26H,4-16,19-21,24-25H2,1-3H3. The predicted octanol–water partition coefficient (Wildman–Crippen LogP) is 8.92. The molecule has 0 spiro atoms. The van der Waals surface area contributed by atoms with Crippen LogP contribution in [-0.4, -0.2) is 25.2 Å². The number of rotatable bonds is 21. The van der Waals surface area contributed by atoms with E-state index in [0.717, 1.165) is 31.6 Å². The second-order valence-electron chi connectivity index (χ2n) is 9.95. The van der Waals surface area contributed by atoms with Crippen molar-refractivity contribution in [3.05, 3.63) is 35.4 Å². The number of hydrogen-bond acceptors (Lipinski definition) is 4. The van der Waals surface area contributed by atoms with E-state index in [2.05, 4.69) is 20.8 Å². The maximum Gasteiger partial charge on any atom is 0.339 e. The fourth-order valence-electron chi connectivity index (χ4n) is 4.10. The summed E-state index contributed by atoms with van der Waals surface area (Å²) >= 11 is 0. The van der Waals surface area contributed by atoms with Crippen LogP contribution in [0.2, 0.25) is 0 Å². The van der Waals surface area contributed by atoms with Gasteiger partial charge in [-0.1, -0.05) is 123 Å². The Balaban J connectivity index is 2.19. The first kappa shape index (κ1) is 30.2. The molecule has 0 aromatic heterocycles. The molecule has 4 heteroatoms. The number of unbranched alkanes of at least 4 members (excludes halogenated alkanes) is 13. The minimum Gasteiger partial charge on any atom is -0.462 e. The Bertz CT molecular complexity index is 653. The summed E-state index contributed by atoms with van der Waals surface area (Å²) in [6.07, 6.45) is 19.2. The number of carbonyl (C=O) groups excluding carboxylic acids is 2. The number of esters is 2. The largest absolute Gasteiger partial charge is 0.462 e. The van der Waals surface area contributed by atoms with Crippen LogP contribution in [0.1, 0.15) is 144 Å². The molecule has 0 fully saturated rings. The quantitative estimate of drug-likeness (QED) is 0.132. The van der Waals surface area contributed by atoms with Crippen LogP contribution in [0.5, 0.6) is 0 Å². The van der Waals surface area contributed by atoms with Gasteiger partial charge in [-0.25, -0.2) is 9.59 Å². The maximum atomic E-state index is 12.5. The van der Waals surface area contributed by atoms with Crippen molar-refractivity contribution < 1.29 is 19.1 Å². The topological polar surface area (TPSA) is 52.6 Å². The first-order chi connectivity index (χ1) is 16.6. The van der Waals surface area contributed by atoms with Crippen LogP contribution in [0.15, 0.2) is 24.3 Å². The summed E-state index contributed by atoms with van der Waals surface area (Å²) in [7, 11) is 0. The lowest BCUT2D eigenvalue weighted by molar-refractivity contribution is 0.0450. The van der Waals surface area contributed by atoms with E-state index in [-0.39, 0.29) is 0 Å². The highest BCUT2D eigenvalue weighted by molar-refractivity contribution is 6.03. The molecule has 0 atom stereocenters. The summed E-state index contributed by atoms with van der Waals surface area (Å²) in [5, 5.41) is 0. The van der Waals surface area contributed by atoms with Gasteiger partial charge in [0.2, 0.25) is 0 Å². The molecular weight excluding hydrogens is 424 g/mol. The van der Waals surface area contributed by atoms with Crippen LogP contribution in [0, 0.1) is 5.92 Å². The predicted molar refractivity (Wildman–Crippen MR) is 141 cm³/mol. The molecule has 1 rings (SSSR count). The van der Waals surface area contributed by atoms with Crippen molar-refractivity contribution in [2.45, 2.75) is 124 Å². The molecule has 0 bridgehead atoms. The summed E-state index contributed by atoms with van der Waals surface area (Å²) in [6.45, 7) is 7.58. The number of hydrogen-bond donors (Lipinski definition) is 0. The van der Waals surface area contributed by atoms with E-state index in [1.807, 2.05) is 0 Å². The molecule has 0 N–H and O–H groups in total. The second-order valence-corrected chi connectivity index (χ2v) is 9.95. The molecule has 0 unspecified atom stereocenters. The van der Waals surface area contributed by atoms with Crippen molar-refractivity contribution in [2.75, 3.05) is 13.2 Å². The lowest BCUT2D eigenvalue weighted by atomic mass is 10.0. The van der Waals surface area contributed by atoms with Gasteiger partial charge in [-0.15, -0.1) is 0 Å². The van der Waals surface area contributed by atoms with E-state index in [9.17, 15) is 9.59 Å². The third-order valence-corrected chi connectivity index (χ3v) is 6.26. The van der Waals surface area contributed by atoms with Gasteiger partial charge in [0, 0.05) is 0 Å². The van der Waals surface area contributed by atoms with Crippen molar-refractivity contribution in [3.8, 4) is 0 Å². The monoisotopic (exact) mass is 474 g/mol. The minimum absolute atomic E-state index is 0.299. The molecule has 194 valence electrons. The molecule has 0 radical (unpaired) electrons. The SMILES string of the molecule is CCCCCCCCCOC(=O)c1ccccc1C(=O)OCCCCCCCCCCC(C)C. The number of benzene rings is 1. The summed E-state index contributed by atoms with van der Waals surface area (Å²) in [4.78, 5) is 25.0. The highest BCUT2D eigenvalue weighted by Crippen LogP contribution is 2.15. The number of ether oxygens (including phenoxy) is 2. The van der Waals surface area contributed by atoms with Crippen molar-refractivity contribution in [1.82, 2.24) is 0 Å². The van der Waals surface area contributed by atoms with E-state index in [0.29, 0.717) is 24.3 Å². The van der Waals surface area contributed by atoms with Gasteiger partial charge in [0.1, 0.15) is 0 Å². The maximum absolute atomic E-state index is 12.5. The highest BCUT2D eigenvalue weighted by atomic mass is 16.5. The summed E-state index contributed by atoms with van der Waals surface area (Å²) < 4.78 is 10.9. The molecule has 0 aliphatic carbocycles. The molecule has 0 amide bonds. The molecular formula is C30H50O4. The Labute approximate surface area is 209 Å². The van der Waals surface area contributed by atoms with E-state index in [1.165, 1.54) is 77.0 Å². The molecule has 0 aliphatic rings. The molecule has 34 heavy (non-hydrogen) atoms. The molecule has 0 aliphatic heterocycles. The molecule has 0 saturated carbocycles. The Morgan fingerprint density at radius 3 is 1.41 bits per heavy atom. The van der Waals surface area contributed by atoms with Crippen molar-refractivity contribution >= 4 is 11.9 Å². The van der Waals surface area contributed by atoms with Crippen LogP contribution in [0.3, 0.4) is 0 Å². The molecule has 0 heterocycles. The first-order valence-electron chi connectivity index (χ1n) is 14.0. The Morgan fingerprint density at radius 2 is 1.00 bits per heavy atom. The zero-order chi connectivity index (χ0) is 24.9. The zero-order valence-corrected chi connectivity index (χ0v) is 22.2. The third kappa shape index (κ3) is 15.1. The summed E-state index contributed by atoms with van der Waals surface area (Å²) in [5.74, 6) is -0.0595. The Morgan fingerprint density at radius 1 is 0.618 bits per heavy atom. The van der Waals surface area contributed by atoms with Crippen LogP contribution in [-0.2, 0) is 9.47 Å². The lowest BCUT2D eigenvalue weighted by Gasteiger charge is -2.10. The fourth-order valence-corrected chi connectivity index (χ4v) is 4.10. The molecule has 1 aromatic rings. The van der Waals surface area contributed by atoms with E-state index < -0.39 is 11.9 Å². The van der Waals surface area contributed by atoms with E-state index >= 15 is 0 Å². The molecule has 4 nitrogen and oxygen atoms in total. The molecule has 1 aromatic carbocycles. The summed E-state index contributed by atoms with van der Waals surface area (Å²) in [5.41, 5.74) is 0.598. The second kappa shape index (κ2) is 20.5. The van der Waals surface area contributed by atoms with E-state index in [1.54, 1.807) is 24.3 Å². The van der Waals surface area contributed by atoms with Gasteiger partial charge in [0.15, 0.2) is 0 Å². The van der Waals surface area contributed by atoms with Gasteiger partial charge in [-0.3, -0.25) is 0 Å². The van der Waals surface area contributed by atoms with Crippen molar-refractivity contribution in [1.29, 1.82) is 0 Å². The van der Waals surface area contributed by atoms with E-state index in [4.69, 9.17) is 9.47 Å². The first-order valence-corrected chi connectivity index (χ1v) is 14.0. The van der Waals surface area contributed by atoms with Gasteiger partial charge in [0.05, 0.1) is 24.3 Å². The summed E-state index contributed by atoms with van der Waals surface area (Å²) in [6, 6.07) is 6.80. The van der Waals surface area contributed by atoms with Crippen molar-refractivity contribution in [2.24, 2.45) is 5.92 Å². The average Bonchev–Trinajstić information content (AvgIpc) is 2.83. The fraction of sp³-hybridized carbons (Fsp3) is 0.733. The van der Waals surface area contributed by atoms with Crippen LogP contribution in [0.25, 0.3) is 0 Å². The molecule has 0 saturated heterocycles. The van der Waals surface area contributed by atoms with Crippen LogP contribution < -0.4 is 0 Å². The van der Waals surface area contributed by atoms with Crippen molar-refractivity contribution in [3.63, 3.8) is 0 Å². The number of carbonyl (C=O) groups is 2. The van der Waals surface area contributed by atoms with Crippen LogP contribution in [0.4, 0.5) is 0 Å². The lowest BCUT2D eigenvalue weighted by Crippen LogP contribution is -2.15. The third-order valence-electron chi connectivity index (χ3n) is 6.26. The van der Waals surface area contributed by atoms with Gasteiger partial charge in [-0.2, -0.15) is 0 Å². The smallest absolute Gasteiger partial charge is 0.339 e. The van der Waals surface area contributed by atoms with Gasteiger partial charge in [0.25, 0.3) is 0 Å². The highest BCUT2D eigenvalue weighted by Gasteiger charge is 2.18. The normalized spacial score (nSPS) is 11.1.